The van der Waals surface area contributed by atoms with Crippen LogP contribution in [0.15, 0.2) is 34.7 Å². The van der Waals surface area contributed by atoms with Gasteiger partial charge in [-0.2, -0.15) is 0 Å². The zero-order valence-electron chi connectivity index (χ0n) is 15.4. The molecule has 0 aromatic heterocycles. The molecule has 1 aromatic carbocycles. The lowest BCUT2D eigenvalue weighted by molar-refractivity contribution is 0.0697. The fourth-order valence-corrected chi connectivity index (χ4v) is 3.98. The summed E-state index contributed by atoms with van der Waals surface area (Å²) in [7, 11) is -3.74. The average Bonchev–Trinajstić information content (AvgIpc) is 2.62. The molecule has 0 radical (unpaired) electrons. The molecule has 0 heterocycles. The summed E-state index contributed by atoms with van der Waals surface area (Å²) in [6.07, 6.45) is 8.16. The Hall–Kier alpha value is -1.86. The maximum atomic E-state index is 12.5. The van der Waals surface area contributed by atoms with Gasteiger partial charge in [-0.25, -0.2) is 17.9 Å². The number of anilines is 1. The lowest BCUT2D eigenvalue weighted by Gasteiger charge is -2.16. The molecule has 0 amide bonds. The summed E-state index contributed by atoms with van der Waals surface area (Å²) in [6, 6.07) is 4.28. The van der Waals surface area contributed by atoms with Crippen LogP contribution in [0.2, 0.25) is 0 Å². The third-order valence-corrected chi connectivity index (χ3v) is 6.13. The lowest BCUT2D eigenvalue weighted by atomic mass is 9.97. The van der Waals surface area contributed by atoms with Gasteiger partial charge >= 0.3 is 5.97 Å². The van der Waals surface area contributed by atoms with Crippen molar-refractivity contribution in [2.24, 2.45) is 0 Å². The fraction of sp³-hybridized carbons (Fsp3) is 0.526. The van der Waals surface area contributed by atoms with Gasteiger partial charge in [0.25, 0.3) is 0 Å². The lowest BCUT2D eigenvalue weighted by Crippen LogP contribution is -2.26. The molecule has 1 aliphatic carbocycles. The highest BCUT2D eigenvalue weighted by Gasteiger charge is 2.19. The maximum Gasteiger partial charge on any atom is 0.337 e. The van der Waals surface area contributed by atoms with Crippen molar-refractivity contribution >= 4 is 21.7 Å². The predicted molar refractivity (Wildman–Crippen MR) is 103 cm³/mol. The number of hydrogen-bond donors (Lipinski definition) is 3. The summed E-state index contributed by atoms with van der Waals surface area (Å²) in [5.74, 6) is -1.15. The van der Waals surface area contributed by atoms with Crippen molar-refractivity contribution in [1.82, 2.24) is 4.72 Å². The zero-order chi connectivity index (χ0) is 19.2. The SMILES string of the molecule is CCC(C)Nc1ccc(S(=O)(=O)NCCC2=CCCCC2)cc1C(=O)O. The van der Waals surface area contributed by atoms with Gasteiger partial charge in [0.1, 0.15) is 0 Å². The predicted octanol–water partition coefficient (Wildman–Crippen LogP) is 3.76. The van der Waals surface area contributed by atoms with Crippen LogP contribution in [0.25, 0.3) is 0 Å². The highest BCUT2D eigenvalue weighted by atomic mass is 32.2. The molecule has 3 N–H and O–H groups in total. The number of sulfonamides is 1. The third-order valence-electron chi connectivity index (χ3n) is 4.67. The average molecular weight is 381 g/mol. The van der Waals surface area contributed by atoms with Crippen LogP contribution in [0.5, 0.6) is 0 Å². The number of carboxylic acids is 1. The Morgan fingerprint density at radius 3 is 2.69 bits per heavy atom. The van der Waals surface area contributed by atoms with Crippen LogP contribution in [-0.2, 0) is 10.0 Å². The van der Waals surface area contributed by atoms with Crippen molar-refractivity contribution < 1.29 is 18.3 Å². The van der Waals surface area contributed by atoms with Crippen molar-refractivity contribution in [3.63, 3.8) is 0 Å². The first kappa shape index (κ1) is 20.5. The molecule has 0 fully saturated rings. The van der Waals surface area contributed by atoms with Crippen molar-refractivity contribution in [1.29, 1.82) is 0 Å². The molecule has 0 saturated carbocycles. The third kappa shape index (κ3) is 5.57. The van der Waals surface area contributed by atoms with E-state index in [-0.39, 0.29) is 16.5 Å². The van der Waals surface area contributed by atoms with Gasteiger partial charge in [-0.1, -0.05) is 18.6 Å². The van der Waals surface area contributed by atoms with Gasteiger partial charge in [0.05, 0.1) is 10.5 Å². The minimum Gasteiger partial charge on any atom is -0.478 e. The fourth-order valence-electron chi connectivity index (χ4n) is 2.92. The van der Waals surface area contributed by atoms with E-state index in [4.69, 9.17) is 0 Å². The van der Waals surface area contributed by atoms with Crippen LogP contribution < -0.4 is 10.0 Å². The first-order valence-corrected chi connectivity index (χ1v) is 10.6. The van der Waals surface area contributed by atoms with Gasteiger partial charge in [-0.15, -0.1) is 0 Å². The van der Waals surface area contributed by atoms with Crippen LogP contribution in [0, 0.1) is 0 Å². The summed E-state index contributed by atoms with van der Waals surface area (Å²) in [6.45, 7) is 4.25. The highest BCUT2D eigenvalue weighted by Crippen LogP contribution is 2.23. The minimum absolute atomic E-state index is 0.0257. The largest absolute Gasteiger partial charge is 0.478 e. The molecular weight excluding hydrogens is 352 g/mol. The Balaban J connectivity index is 2.11. The van der Waals surface area contributed by atoms with Gasteiger partial charge in [0, 0.05) is 18.3 Å². The topological polar surface area (TPSA) is 95.5 Å². The van der Waals surface area contributed by atoms with Crippen molar-refractivity contribution in [3.05, 3.63) is 35.4 Å². The smallest absolute Gasteiger partial charge is 0.337 e. The minimum atomic E-state index is -3.74. The Morgan fingerprint density at radius 2 is 2.08 bits per heavy atom. The molecule has 144 valence electrons. The monoisotopic (exact) mass is 380 g/mol. The normalized spacial score (nSPS) is 16.0. The molecule has 0 spiro atoms. The Bertz CT molecular complexity index is 772. The van der Waals surface area contributed by atoms with E-state index >= 15 is 0 Å². The Labute approximate surface area is 155 Å². The second kappa shape index (κ2) is 9.19. The molecule has 0 saturated heterocycles. The van der Waals surface area contributed by atoms with Crippen LogP contribution in [0.1, 0.15) is 62.7 Å². The number of rotatable bonds is 9. The van der Waals surface area contributed by atoms with E-state index in [1.807, 2.05) is 13.8 Å². The van der Waals surface area contributed by atoms with E-state index in [9.17, 15) is 18.3 Å². The van der Waals surface area contributed by atoms with Crippen LogP contribution in [0.3, 0.4) is 0 Å². The van der Waals surface area contributed by atoms with Crippen molar-refractivity contribution in [3.8, 4) is 0 Å². The summed E-state index contributed by atoms with van der Waals surface area (Å²) in [5, 5.41) is 12.5. The van der Waals surface area contributed by atoms with E-state index in [2.05, 4.69) is 16.1 Å². The quantitative estimate of drug-likeness (QED) is 0.567. The molecule has 1 atom stereocenters. The van der Waals surface area contributed by atoms with Gasteiger partial charge in [-0.05, 0) is 63.6 Å². The van der Waals surface area contributed by atoms with Gasteiger partial charge in [-0.3, -0.25) is 0 Å². The van der Waals surface area contributed by atoms with Gasteiger partial charge in [0.2, 0.25) is 10.0 Å². The maximum absolute atomic E-state index is 12.5. The standard InChI is InChI=1S/C19H28N2O4S/c1-3-14(2)21-18-10-9-16(13-17(18)19(22)23)26(24,25)20-12-11-15-7-5-4-6-8-15/h7,9-10,13-14,20-21H,3-6,8,11-12H2,1-2H3,(H,22,23). The van der Waals surface area contributed by atoms with E-state index < -0.39 is 16.0 Å². The highest BCUT2D eigenvalue weighted by molar-refractivity contribution is 7.89. The number of carbonyl (C=O) groups is 1. The Morgan fingerprint density at radius 1 is 1.31 bits per heavy atom. The van der Waals surface area contributed by atoms with Crippen LogP contribution >= 0.6 is 0 Å². The number of allylic oxidation sites excluding steroid dienone is 1. The molecular formula is C19H28N2O4S. The van der Waals surface area contributed by atoms with E-state index in [0.717, 1.165) is 25.7 Å². The van der Waals surface area contributed by atoms with E-state index in [0.29, 0.717) is 18.7 Å². The second-order valence-corrected chi connectivity index (χ2v) is 8.49. The molecule has 1 unspecified atom stereocenters. The Kier molecular flexibility index (Phi) is 7.23. The van der Waals surface area contributed by atoms with Crippen molar-refractivity contribution in [2.45, 2.75) is 63.3 Å². The molecule has 26 heavy (non-hydrogen) atoms. The first-order chi connectivity index (χ1) is 12.3. The summed E-state index contributed by atoms with van der Waals surface area (Å²) >= 11 is 0. The molecule has 0 aliphatic heterocycles. The van der Waals surface area contributed by atoms with E-state index in [1.54, 1.807) is 0 Å². The molecule has 7 heteroatoms. The number of benzene rings is 1. The number of carboxylic acid groups (broad SMARTS) is 1. The number of aromatic carboxylic acids is 1. The van der Waals surface area contributed by atoms with Gasteiger partial charge < -0.3 is 10.4 Å². The zero-order valence-corrected chi connectivity index (χ0v) is 16.2. The van der Waals surface area contributed by atoms with Crippen LogP contribution in [0.4, 0.5) is 5.69 Å². The first-order valence-electron chi connectivity index (χ1n) is 9.15. The van der Waals surface area contributed by atoms with E-state index in [1.165, 1.54) is 30.2 Å². The molecule has 2 rings (SSSR count). The van der Waals surface area contributed by atoms with Gasteiger partial charge in [0.15, 0.2) is 0 Å². The summed E-state index contributed by atoms with van der Waals surface area (Å²) in [5.41, 5.74) is 1.68. The second-order valence-electron chi connectivity index (χ2n) is 6.72. The molecule has 0 bridgehead atoms. The van der Waals surface area contributed by atoms with Crippen LogP contribution in [-0.4, -0.2) is 32.1 Å². The number of nitrogens with one attached hydrogen (secondary N) is 2. The summed E-state index contributed by atoms with van der Waals surface area (Å²) < 4.78 is 27.6. The summed E-state index contributed by atoms with van der Waals surface area (Å²) in [4.78, 5) is 11.5. The molecule has 1 aromatic rings. The molecule has 6 nitrogen and oxygen atoms in total. The number of hydrogen-bond acceptors (Lipinski definition) is 4. The molecule has 1 aliphatic rings. The van der Waals surface area contributed by atoms with Crippen molar-refractivity contribution in [2.75, 3.05) is 11.9 Å².